The molecule has 16 heavy (non-hydrogen) atoms. The molecule has 5 heteroatoms. The number of rotatable bonds is 2. The molecule has 0 amide bonds. The van der Waals surface area contributed by atoms with Crippen LogP contribution in [0.5, 0.6) is 0 Å². The topological polar surface area (TPSA) is 55.1 Å². The van der Waals surface area contributed by atoms with Crippen molar-refractivity contribution in [1.29, 1.82) is 0 Å². The third-order valence-corrected chi connectivity index (χ3v) is 2.98. The van der Waals surface area contributed by atoms with Crippen molar-refractivity contribution in [2.24, 2.45) is 0 Å². The predicted molar refractivity (Wildman–Crippen MR) is 63.0 cm³/mol. The van der Waals surface area contributed by atoms with Gasteiger partial charge in [0.2, 0.25) is 0 Å². The molecule has 0 unspecified atom stereocenters. The Balaban J connectivity index is 2.49. The van der Waals surface area contributed by atoms with Gasteiger partial charge in [0.1, 0.15) is 10.2 Å². The number of hydrogen-bond acceptors (Lipinski definition) is 2. The summed E-state index contributed by atoms with van der Waals surface area (Å²) in [6.45, 7) is 1.99. The molecule has 0 saturated carbocycles. The Morgan fingerprint density at radius 2 is 2.00 bits per heavy atom. The molecule has 1 aromatic carbocycles. The molecule has 1 N–H and O–H groups in total. The third kappa shape index (κ3) is 1.86. The standard InChI is InChI=1S/C11H9BrN2O2/c1-7-2-4-8(5-3-7)14-10(12)9(6-13-14)11(15)16/h2-6H,1H3,(H,15,16). The molecule has 0 spiro atoms. The van der Waals surface area contributed by atoms with E-state index < -0.39 is 5.97 Å². The number of nitrogens with zero attached hydrogens (tertiary/aromatic N) is 2. The van der Waals surface area contributed by atoms with Crippen LogP contribution in [0.1, 0.15) is 15.9 Å². The van der Waals surface area contributed by atoms with Gasteiger partial charge in [-0.25, -0.2) is 9.48 Å². The summed E-state index contributed by atoms with van der Waals surface area (Å²) in [7, 11) is 0. The van der Waals surface area contributed by atoms with E-state index in [1.54, 1.807) is 4.68 Å². The molecule has 82 valence electrons. The summed E-state index contributed by atoms with van der Waals surface area (Å²) in [5.41, 5.74) is 2.12. The second-order valence-corrected chi connectivity index (χ2v) is 4.15. The first kappa shape index (κ1) is 10.9. The van der Waals surface area contributed by atoms with Crippen LogP contribution < -0.4 is 0 Å². The van der Waals surface area contributed by atoms with Crippen molar-refractivity contribution < 1.29 is 9.90 Å². The molecule has 1 aromatic heterocycles. The average Bonchev–Trinajstić information content (AvgIpc) is 2.61. The summed E-state index contributed by atoms with van der Waals surface area (Å²) in [6, 6.07) is 7.67. The normalized spacial score (nSPS) is 10.4. The maximum atomic E-state index is 10.8. The molecule has 2 rings (SSSR count). The van der Waals surface area contributed by atoms with Gasteiger partial charge in [-0.1, -0.05) is 17.7 Å². The maximum absolute atomic E-state index is 10.8. The predicted octanol–water partition coefficient (Wildman–Crippen LogP) is 2.64. The average molecular weight is 281 g/mol. The van der Waals surface area contributed by atoms with E-state index in [4.69, 9.17) is 5.11 Å². The minimum absolute atomic E-state index is 0.153. The van der Waals surface area contributed by atoms with E-state index in [9.17, 15) is 4.79 Å². The first-order valence-electron chi connectivity index (χ1n) is 4.63. The molecule has 4 nitrogen and oxygen atoms in total. The lowest BCUT2D eigenvalue weighted by molar-refractivity contribution is 0.0696. The van der Waals surface area contributed by atoms with E-state index in [-0.39, 0.29) is 5.56 Å². The lowest BCUT2D eigenvalue weighted by Crippen LogP contribution is -1.99. The number of halogens is 1. The second-order valence-electron chi connectivity index (χ2n) is 3.40. The number of carbonyl (C=O) groups is 1. The SMILES string of the molecule is Cc1ccc(-n2ncc(C(=O)O)c2Br)cc1. The number of hydrogen-bond donors (Lipinski definition) is 1. The van der Waals surface area contributed by atoms with Gasteiger partial charge in [-0.2, -0.15) is 5.10 Å². The van der Waals surface area contributed by atoms with E-state index in [2.05, 4.69) is 21.0 Å². The van der Waals surface area contributed by atoms with Crippen LogP contribution in [-0.4, -0.2) is 20.9 Å². The molecule has 0 aliphatic carbocycles. The van der Waals surface area contributed by atoms with Crippen LogP contribution in [0, 0.1) is 6.92 Å². The Labute approximate surface area is 101 Å². The Bertz CT molecular complexity index is 531. The molecule has 1 heterocycles. The van der Waals surface area contributed by atoms with Crippen molar-refractivity contribution in [3.8, 4) is 5.69 Å². The zero-order valence-electron chi connectivity index (χ0n) is 8.51. The van der Waals surface area contributed by atoms with Gasteiger partial charge in [0, 0.05) is 0 Å². The van der Waals surface area contributed by atoms with Crippen LogP contribution in [-0.2, 0) is 0 Å². The van der Waals surface area contributed by atoms with Crippen LogP contribution in [0.15, 0.2) is 35.1 Å². The van der Waals surface area contributed by atoms with Crippen LogP contribution >= 0.6 is 15.9 Å². The lowest BCUT2D eigenvalue weighted by Gasteiger charge is -2.03. The van der Waals surface area contributed by atoms with Crippen LogP contribution in [0.3, 0.4) is 0 Å². The molecule has 0 radical (unpaired) electrons. The van der Waals surface area contributed by atoms with Gasteiger partial charge < -0.3 is 5.11 Å². The van der Waals surface area contributed by atoms with Crippen LogP contribution in [0.4, 0.5) is 0 Å². The molecular formula is C11H9BrN2O2. The smallest absolute Gasteiger partial charge is 0.340 e. The van der Waals surface area contributed by atoms with E-state index in [0.29, 0.717) is 4.60 Å². The first-order chi connectivity index (χ1) is 7.59. The Morgan fingerprint density at radius 3 is 2.50 bits per heavy atom. The van der Waals surface area contributed by atoms with Crippen molar-refractivity contribution in [1.82, 2.24) is 9.78 Å². The fourth-order valence-electron chi connectivity index (χ4n) is 1.34. The highest BCUT2D eigenvalue weighted by atomic mass is 79.9. The van der Waals surface area contributed by atoms with Gasteiger partial charge >= 0.3 is 5.97 Å². The van der Waals surface area contributed by atoms with Gasteiger partial charge in [-0.3, -0.25) is 0 Å². The van der Waals surface area contributed by atoms with E-state index in [1.165, 1.54) is 6.20 Å². The summed E-state index contributed by atoms with van der Waals surface area (Å²) in [6.07, 6.45) is 1.33. The fraction of sp³-hybridized carbons (Fsp3) is 0.0909. The molecule has 0 aliphatic rings. The van der Waals surface area contributed by atoms with Crippen molar-refractivity contribution in [3.05, 3.63) is 46.2 Å². The Morgan fingerprint density at radius 1 is 1.38 bits per heavy atom. The fourth-order valence-corrected chi connectivity index (χ4v) is 1.91. The number of carboxylic acid groups (broad SMARTS) is 1. The number of benzene rings is 1. The Hall–Kier alpha value is -1.62. The number of aromatic nitrogens is 2. The van der Waals surface area contributed by atoms with Gasteiger partial charge in [0.25, 0.3) is 0 Å². The van der Waals surface area contributed by atoms with Gasteiger partial charge in [0.05, 0.1) is 11.9 Å². The molecule has 0 bridgehead atoms. The largest absolute Gasteiger partial charge is 0.478 e. The number of aromatic carboxylic acids is 1. The van der Waals surface area contributed by atoms with Crippen LogP contribution in [0.2, 0.25) is 0 Å². The molecule has 0 atom stereocenters. The highest BCUT2D eigenvalue weighted by molar-refractivity contribution is 9.10. The summed E-state index contributed by atoms with van der Waals surface area (Å²) >= 11 is 3.23. The second kappa shape index (κ2) is 4.09. The quantitative estimate of drug-likeness (QED) is 0.920. The first-order valence-corrected chi connectivity index (χ1v) is 5.43. The minimum Gasteiger partial charge on any atom is -0.478 e. The summed E-state index contributed by atoms with van der Waals surface area (Å²) < 4.78 is 1.99. The monoisotopic (exact) mass is 280 g/mol. The zero-order chi connectivity index (χ0) is 11.7. The summed E-state index contributed by atoms with van der Waals surface area (Å²) in [5.74, 6) is -0.995. The minimum atomic E-state index is -0.995. The van der Waals surface area contributed by atoms with Crippen molar-refractivity contribution in [2.45, 2.75) is 6.92 Å². The highest BCUT2D eigenvalue weighted by Gasteiger charge is 2.14. The van der Waals surface area contributed by atoms with E-state index in [0.717, 1.165) is 11.3 Å². The maximum Gasteiger partial charge on any atom is 0.340 e. The number of aryl methyl sites for hydroxylation is 1. The van der Waals surface area contributed by atoms with Crippen molar-refractivity contribution >= 4 is 21.9 Å². The highest BCUT2D eigenvalue weighted by Crippen LogP contribution is 2.20. The van der Waals surface area contributed by atoms with Crippen LogP contribution in [0.25, 0.3) is 5.69 Å². The van der Waals surface area contributed by atoms with Crippen molar-refractivity contribution in [3.63, 3.8) is 0 Å². The van der Waals surface area contributed by atoms with Gasteiger partial charge in [0.15, 0.2) is 0 Å². The molecule has 0 aliphatic heterocycles. The Kier molecular flexibility index (Phi) is 2.78. The van der Waals surface area contributed by atoms with Gasteiger partial charge in [-0.05, 0) is 35.0 Å². The van der Waals surface area contributed by atoms with Crippen molar-refractivity contribution in [2.75, 3.05) is 0 Å². The molecule has 0 fully saturated rings. The molecular weight excluding hydrogens is 272 g/mol. The van der Waals surface area contributed by atoms with E-state index >= 15 is 0 Å². The summed E-state index contributed by atoms with van der Waals surface area (Å²) in [4.78, 5) is 10.8. The van der Waals surface area contributed by atoms with Gasteiger partial charge in [-0.15, -0.1) is 0 Å². The zero-order valence-corrected chi connectivity index (χ0v) is 10.1. The third-order valence-electron chi connectivity index (χ3n) is 2.22. The lowest BCUT2D eigenvalue weighted by atomic mass is 10.2. The summed E-state index contributed by atoms with van der Waals surface area (Å²) in [5, 5.41) is 12.9. The number of carboxylic acids is 1. The van der Waals surface area contributed by atoms with E-state index in [1.807, 2.05) is 31.2 Å². The molecule has 0 saturated heterocycles. The molecule has 2 aromatic rings.